The third kappa shape index (κ3) is 2.84. The SMILES string of the molecule is CSc1nc(Cl)cc(N(C)C2CCOC2C)n1. The maximum Gasteiger partial charge on any atom is 0.190 e. The molecule has 1 saturated heterocycles. The number of anilines is 1. The van der Waals surface area contributed by atoms with Crippen LogP contribution in [0.2, 0.25) is 5.15 Å². The number of thioether (sulfide) groups is 1. The van der Waals surface area contributed by atoms with Crippen LogP contribution in [0.1, 0.15) is 13.3 Å². The van der Waals surface area contributed by atoms with Crippen LogP contribution in [0.4, 0.5) is 5.82 Å². The average molecular weight is 274 g/mol. The minimum absolute atomic E-state index is 0.228. The molecule has 0 amide bonds. The molecule has 1 aromatic rings. The van der Waals surface area contributed by atoms with Crippen molar-refractivity contribution in [3.05, 3.63) is 11.2 Å². The van der Waals surface area contributed by atoms with Crippen LogP contribution in [-0.4, -0.2) is 42.0 Å². The van der Waals surface area contributed by atoms with Crippen molar-refractivity contribution in [1.29, 1.82) is 0 Å². The summed E-state index contributed by atoms with van der Waals surface area (Å²) in [6, 6.07) is 2.16. The molecule has 6 heteroatoms. The maximum absolute atomic E-state index is 5.99. The zero-order valence-electron chi connectivity index (χ0n) is 10.2. The van der Waals surface area contributed by atoms with E-state index in [0.29, 0.717) is 16.4 Å². The van der Waals surface area contributed by atoms with Crippen LogP contribution in [0, 0.1) is 0 Å². The maximum atomic E-state index is 5.99. The van der Waals surface area contributed by atoms with Crippen molar-refractivity contribution < 1.29 is 4.74 Å². The lowest BCUT2D eigenvalue weighted by Crippen LogP contribution is -2.37. The topological polar surface area (TPSA) is 38.2 Å². The van der Waals surface area contributed by atoms with Crippen molar-refractivity contribution >= 4 is 29.2 Å². The third-order valence-corrected chi connectivity index (χ3v) is 3.78. The summed E-state index contributed by atoms with van der Waals surface area (Å²) in [5.41, 5.74) is 0. The predicted molar refractivity (Wildman–Crippen MR) is 71.0 cm³/mol. The predicted octanol–water partition coefficient (Wildman–Crippen LogP) is 2.47. The zero-order valence-corrected chi connectivity index (χ0v) is 11.8. The Labute approximate surface area is 111 Å². The highest BCUT2D eigenvalue weighted by atomic mass is 35.5. The van der Waals surface area contributed by atoms with E-state index in [-0.39, 0.29) is 6.10 Å². The molecule has 2 atom stereocenters. The number of likely N-dealkylation sites (N-methyl/N-ethyl adjacent to an activating group) is 1. The van der Waals surface area contributed by atoms with E-state index in [4.69, 9.17) is 16.3 Å². The van der Waals surface area contributed by atoms with Gasteiger partial charge in [-0.15, -0.1) is 0 Å². The Bertz CT molecular complexity index is 404. The van der Waals surface area contributed by atoms with Crippen LogP contribution < -0.4 is 4.90 Å². The van der Waals surface area contributed by atoms with E-state index in [2.05, 4.69) is 21.8 Å². The molecule has 1 aromatic heterocycles. The summed E-state index contributed by atoms with van der Waals surface area (Å²) in [7, 11) is 2.03. The number of hydrogen-bond donors (Lipinski definition) is 0. The van der Waals surface area contributed by atoms with Gasteiger partial charge in [0.25, 0.3) is 0 Å². The number of halogens is 1. The molecule has 0 N–H and O–H groups in total. The molecule has 1 aliphatic heterocycles. The Morgan fingerprint density at radius 1 is 1.53 bits per heavy atom. The second-order valence-corrected chi connectivity index (χ2v) is 5.24. The first-order valence-corrected chi connectivity index (χ1v) is 7.15. The molecule has 94 valence electrons. The van der Waals surface area contributed by atoms with Gasteiger partial charge >= 0.3 is 0 Å². The highest BCUT2D eigenvalue weighted by Crippen LogP contribution is 2.25. The normalized spacial score (nSPS) is 24.0. The van der Waals surface area contributed by atoms with Crippen molar-refractivity contribution in [2.45, 2.75) is 30.6 Å². The number of rotatable bonds is 3. The van der Waals surface area contributed by atoms with E-state index in [1.807, 2.05) is 13.3 Å². The van der Waals surface area contributed by atoms with Gasteiger partial charge in [0.1, 0.15) is 11.0 Å². The molecule has 0 spiro atoms. The Morgan fingerprint density at radius 2 is 2.29 bits per heavy atom. The molecule has 1 aliphatic rings. The summed E-state index contributed by atoms with van der Waals surface area (Å²) >= 11 is 7.49. The number of nitrogens with zero attached hydrogens (tertiary/aromatic N) is 3. The van der Waals surface area contributed by atoms with Crippen molar-refractivity contribution in [3.63, 3.8) is 0 Å². The number of hydrogen-bond acceptors (Lipinski definition) is 5. The first-order chi connectivity index (χ1) is 8.11. The minimum atomic E-state index is 0.228. The van der Waals surface area contributed by atoms with Crippen molar-refractivity contribution in [2.24, 2.45) is 0 Å². The minimum Gasteiger partial charge on any atom is -0.376 e. The van der Waals surface area contributed by atoms with Crippen LogP contribution in [0.3, 0.4) is 0 Å². The van der Waals surface area contributed by atoms with Gasteiger partial charge in [-0.2, -0.15) is 0 Å². The van der Waals surface area contributed by atoms with Gasteiger partial charge in [0.05, 0.1) is 12.1 Å². The third-order valence-electron chi connectivity index (χ3n) is 3.04. The fourth-order valence-corrected chi connectivity index (χ4v) is 2.66. The second-order valence-electron chi connectivity index (χ2n) is 4.08. The second kappa shape index (κ2) is 5.42. The van der Waals surface area contributed by atoms with Crippen molar-refractivity contribution in [1.82, 2.24) is 9.97 Å². The van der Waals surface area contributed by atoms with Gasteiger partial charge in [-0.3, -0.25) is 0 Å². The van der Waals surface area contributed by atoms with E-state index in [1.165, 1.54) is 11.8 Å². The van der Waals surface area contributed by atoms with Gasteiger partial charge in [0.2, 0.25) is 0 Å². The van der Waals surface area contributed by atoms with E-state index in [0.717, 1.165) is 18.8 Å². The van der Waals surface area contributed by atoms with Gasteiger partial charge in [0, 0.05) is 19.7 Å². The standard InChI is InChI=1S/C11H16ClN3OS/c1-7-8(4-5-16-7)15(2)10-6-9(12)13-11(14-10)17-3/h6-8H,4-5H2,1-3H3. The summed E-state index contributed by atoms with van der Waals surface area (Å²) in [5.74, 6) is 0.858. The smallest absolute Gasteiger partial charge is 0.190 e. The van der Waals surface area contributed by atoms with E-state index >= 15 is 0 Å². The molecule has 2 rings (SSSR count). The van der Waals surface area contributed by atoms with E-state index < -0.39 is 0 Å². The van der Waals surface area contributed by atoms with Gasteiger partial charge in [-0.05, 0) is 19.6 Å². The van der Waals surface area contributed by atoms with Gasteiger partial charge < -0.3 is 9.64 Å². The molecule has 0 aliphatic carbocycles. The molecule has 17 heavy (non-hydrogen) atoms. The van der Waals surface area contributed by atoms with Crippen LogP contribution >= 0.6 is 23.4 Å². The molecular weight excluding hydrogens is 258 g/mol. The van der Waals surface area contributed by atoms with Crippen molar-refractivity contribution in [2.75, 3.05) is 24.8 Å². The van der Waals surface area contributed by atoms with E-state index in [1.54, 1.807) is 6.07 Å². The quantitative estimate of drug-likeness (QED) is 0.481. The number of ether oxygens (including phenoxy) is 1. The summed E-state index contributed by atoms with van der Waals surface area (Å²) in [5, 5.41) is 1.18. The van der Waals surface area contributed by atoms with Gasteiger partial charge in [0.15, 0.2) is 5.16 Å². The fraction of sp³-hybridized carbons (Fsp3) is 0.636. The largest absolute Gasteiger partial charge is 0.376 e. The highest BCUT2D eigenvalue weighted by molar-refractivity contribution is 7.98. The Hall–Kier alpha value is -0.520. The Balaban J connectivity index is 2.23. The summed E-state index contributed by atoms with van der Waals surface area (Å²) in [6.07, 6.45) is 3.19. The first-order valence-electron chi connectivity index (χ1n) is 5.55. The lowest BCUT2D eigenvalue weighted by Gasteiger charge is -2.27. The fourth-order valence-electron chi connectivity index (χ4n) is 2.06. The molecule has 0 aromatic carbocycles. The highest BCUT2D eigenvalue weighted by Gasteiger charge is 2.29. The molecule has 2 unspecified atom stereocenters. The number of aromatic nitrogens is 2. The van der Waals surface area contributed by atoms with Crippen LogP contribution in [0.25, 0.3) is 0 Å². The molecule has 1 fully saturated rings. The summed E-state index contributed by atoms with van der Waals surface area (Å²) < 4.78 is 5.57. The van der Waals surface area contributed by atoms with Gasteiger partial charge in [-0.25, -0.2) is 9.97 Å². The lowest BCUT2D eigenvalue weighted by molar-refractivity contribution is 0.118. The summed E-state index contributed by atoms with van der Waals surface area (Å²) in [4.78, 5) is 10.7. The Morgan fingerprint density at radius 3 is 2.88 bits per heavy atom. The lowest BCUT2D eigenvalue weighted by atomic mass is 10.1. The van der Waals surface area contributed by atoms with Crippen LogP contribution in [-0.2, 0) is 4.74 Å². The zero-order chi connectivity index (χ0) is 12.4. The molecule has 0 saturated carbocycles. The monoisotopic (exact) mass is 273 g/mol. The van der Waals surface area contributed by atoms with Crippen LogP contribution in [0.15, 0.2) is 11.2 Å². The first kappa shape index (κ1) is 12.9. The molecule has 4 nitrogen and oxygen atoms in total. The van der Waals surface area contributed by atoms with Crippen LogP contribution in [0.5, 0.6) is 0 Å². The summed E-state index contributed by atoms with van der Waals surface area (Å²) in [6.45, 7) is 2.90. The average Bonchev–Trinajstić information content (AvgIpc) is 2.73. The van der Waals surface area contributed by atoms with E-state index in [9.17, 15) is 0 Å². The molecule has 2 heterocycles. The molecule has 0 radical (unpaired) electrons. The Kier molecular flexibility index (Phi) is 4.12. The van der Waals surface area contributed by atoms with Crippen molar-refractivity contribution in [3.8, 4) is 0 Å². The molecule has 0 bridgehead atoms. The van der Waals surface area contributed by atoms with Gasteiger partial charge in [-0.1, -0.05) is 23.4 Å². The molecular formula is C11H16ClN3OS.